The average molecular weight is 649 g/mol. The fourth-order valence-corrected chi connectivity index (χ4v) is 5.10. The highest BCUT2D eigenvalue weighted by atomic mass is 32.1. The smallest absolute Gasteiger partial charge is 0.412 e. The van der Waals surface area contributed by atoms with Crippen molar-refractivity contribution in [2.45, 2.75) is 51.6 Å². The van der Waals surface area contributed by atoms with Crippen LogP contribution in [0.25, 0.3) is 0 Å². The number of anilines is 1. The number of amides is 4. The van der Waals surface area contributed by atoms with E-state index >= 15 is 0 Å². The Kier molecular flexibility index (Phi) is 12.2. The highest BCUT2D eigenvalue weighted by Gasteiger charge is 2.70. The van der Waals surface area contributed by atoms with Gasteiger partial charge in [-0.05, 0) is 58.1 Å². The first-order valence-corrected chi connectivity index (χ1v) is 15.0. The van der Waals surface area contributed by atoms with Crippen LogP contribution in [0.4, 0.5) is 14.9 Å². The first-order valence-electron chi connectivity index (χ1n) is 15.0. The number of ether oxygens (including phenoxy) is 2. The molecule has 0 unspecified atom stereocenters. The maximum atomic E-state index is 13.6. The zero-order valence-corrected chi connectivity index (χ0v) is 27.5. The van der Waals surface area contributed by atoms with Crippen molar-refractivity contribution in [3.63, 3.8) is 0 Å². The van der Waals surface area contributed by atoms with Crippen LogP contribution in [0.2, 0.25) is 0 Å². The molecule has 12 nitrogen and oxygen atoms in total. The van der Waals surface area contributed by atoms with E-state index in [4.69, 9.17) is 9.47 Å². The van der Waals surface area contributed by atoms with E-state index in [-0.39, 0.29) is 55.8 Å². The van der Waals surface area contributed by atoms with E-state index in [0.29, 0.717) is 50.9 Å². The van der Waals surface area contributed by atoms with E-state index in [1.165, 1.54) is 17.9 Å². The van der Waals surface area contributed by atoms with Crippen molar-refractivity contribution >= 4 is 43.0 Å². The van der Waals surface area contributed by atoms with Crippen molar-refractivity contribution in [2.24, 2.45) is 5.92 Å². The van der Waals surface area contributed by atoms with Gasteiger partial charge in [0.1, 0.15) is 11.4 Å². The summed E-state index contributed by atoms with van der Waals surface area (Å²) in [4.78, 5) is 57.7. The fraction of sp³-hybridized carbons (Fsp3) is 0.581. The zero-order valence-electron chi connectivity index (χ0n) is 26.5. The number of fused-ring (bicyclic) bond motifs is 1. The van der Waals surface area contributed by atoms with Crippen LogP contribution in [0, 0.1) is 5.92 Å². The normalized spacial score (nSPS) is 20.4. The van der Waals surface area contributed by atoms with Crippen molar-refractivity contribution in [1.82, 2.24) is 25.4 Å². The molecule has 1 aliphatic heterocycles. The van der Waals surface area contributed by atoms with Crippen molar-refractivity contribution < 1.29 is 33.0 Å². The molecule has 1 aromatic rings. The van der Waals surface area contributed by atoms with E-state index in [1.807, 2.05) is 6.07 Å². The van der Waals surface area contributed by atoms with Crippen molar-refractivity contribution in [2.75, 3.05) is 64.3 Å². The van der Waals surface area contributed by atoms with Crippen LogP contribution in [-0.2, 0) is 24.5 Å². The van der Waals surface area contributed by atoms with Gasteiger partial charge in [0.05, 0.1) is 31.0 Å². The molecule has 1 aromatic heterocycles. The predicted octanol–water partition coefficient (Wildman–Crippen LogP) is 2.64. The summed E-state index contributed by atoms with van der Waals surface area (Å²) >= 11 is 0. The molecule has 0 atom stereocenters. The summed E-state index contributed by atoms with van der Waals surface area (Å²) < 4.78 is 24.6. The van der Waals surface area contributed by atoms with Crippen molar-refractivity contribution in [3.05, 3.63) is 47.6 Å². The molecular weight excluding hydrogens is 603 g/mol. The Balaban J connectivity index is 0.00000552. The lowest BCUT2D eigenvalue weighted by atomic mass is 10.0. The third kappa shape index (κ3) is 9.50. The van der Waals surface area contributed by atoms with Crippen LogP contribution in [-0.4, -0.2) is 103 Å². The van der Waals surface area contributed by atoms with Gasteiger partial charge in [-0.2, -0.15) is 13.5 Å². The number of rotatable bonds is 13. The van der Waals surface area contributed by atoms with Crippen LogP contribution in [0.1, 0.15) is 56.6 Å². The quantitative estimate of drug-likeness (QED) is 0.168. The molecule has 3 aliphatic rings. The molecule has 1 saturated heterocycles. The van der Waals surface area contributed by atoms with Gasteiger partial charge in [-0.15, -0.1) is 0 Å². The number of carbonyl (C=O) groups excluding carboxylic acids is 4. The van der Waals surface area contributed by atoms with Gasteiger partial charge in [0.25, 0.3) is 11.8 Å². The molecule has 2 saturated carbocycles. The summed E-state index contributed by atoms with van der Waals surface area (Å²) in [5, 5.41) is 8.49. The number of halogens is 1. The lowest BCUT2D eigenvalue weighted by Crippen LogP contribution is -2.52. The van der Waals surface area contributed by atoms with E-state index in [0.717, 1.165) is 18.4 Å². The Morgan fingerprint density at radius 2 is 1.73 bits per heavy atom. The SMILES string of the molecule is C=C(C(=O)N1CCN(C(=O)CNCCOCCNC(=O)c2ncc(C34CC3C4)cc2NC(=O)OC(C)(C)C)CC1)/C(F)=C\C.S. The standard InChI is InChI=1S/C31H43FN6O6.H2S/c1-6-23(32)20(2)28(41)38-11-9-37(10-12-38)25(39)19-33-7-13-43-14-8-34-27(40)26-24(36-29(42)44-30(3,4)5)15-21(18-35-26)31-16-22(31)17-31;/h6,15,18,22,33H,2,7-14,16-17,19H2,1,3-5H3,(H,34,40)(H,36,42);1H2/b23-6+;. The van der Waals surface area contributed by atoms with Gasteiger partial charge >= 0.3 is 6.09 Å². The maximum Gasteiger partial charge on any atom is 0.412 e. The van der Waals surface area contributed by atoms with E-state index in [9.17, 15) is 23.6 Å². The molecular formula is C31H45FN6O6S. The van der Waals surface area contributed by atoms with E-state index in [1.54, 1.807) is 31.9 Å². The number of carbonyl (C=O) groups is 4. The lowest BCUT2D eigenvalue weighted by Gasteiger charge is -2.35. The van der Waals surface area contributed by atoms with Crippen LogP contribution in [0.3, 0.4) is 0 Å². The molecule has 248 valence electrons. The monoisotopic (exact) mass is 648 g/mol. The van der Waals surface area contributed by atoms with E-state index in [2.05, 4.69) is 27.5 Å². The molecule has 3 fully saturated rings. The number of pyridine rings is 1. The molecule has 4 amide bonds. The number of hydrogen-bond acceptors (Lipinski definition) is 8. The Hall–Kier alpha value is -3.49. The second-order valence-electron chi connectivity index (χ2n) is 12.3. The maximum absolute atomic E-state index is 13.6. The minimum absolute atomic E-state index is 0. The third-order valence-electron chi connectivity index (χ3n) is 7.95. The second kappa shape index (κ2) is 15.2. The molecule has 14 heteroatoms. The summed E-state index contributed by atoms with van der Waals surface area (Å²) in [6.45, 7) is 13.0. The zero-order chi connectivity index (χ0) is 32.1. The molecule has 2 aliphatic carbocycles. The summed E-state index contributed by atoms with van der Waals surface area (Å²) in [6, 6.07) is 1.82. The highest BCUT2D eigenvalue weighted by Crippen LogP contribution is 2.75. The topological polar surface area (TPSA) is 142 Å². The van der Waals surface area contributed by atoms with Crippen molar-refractivity contribution in [3.8, 4) is 0 Å². The minimum Gasteiger partial charge on any atom is -0.444 e. The van der Waals surface area contributed by atoms with Crippen LogP contribution < -0.4 is 16.0 Å². The average Bonchev–Trinajstić information content (AvgIpc) is 3.88. The highest BCUT2D eigenvalue weighted by molar-refractivity contribution is 7.59. The van der Waals surface area contributed by atoms with Crippen LogP contribution in [0.15, 0.2) is 36.3 Å². The number of nitrogens with one attached hydrogen (secondary N) is 3. The fourth-order valence-electron chi connectivity index (χ4n) is 5.10. The Morgan fingerprint density at radius 3 is 2.33 bits per heavy atom. The number of allylic oxidation sites excluding steroid dienone is 1. The number of aromatic nitrogens is 1. The lowest BCUT2D eigenvalue weighted by molar-refractivity contribution is -0.137. The molecule has 0 aromatic carbocycles. The Bertz CT molecular complexity index is 1320. The summed E-state index contributed by atoms with van der Waals surface area (Å²) in [6.07, 6.45) is 4.49. The largest absolute Gasteiger partial charge is 0.444 e. The van der Waals surface area contributed by atoms with E-state index < -0.39 is 29.3 Å². The molecule has 2 heterocycles. The molecule has 45 heavy (non-hydrogen) atoms. The van der Waals surface area contributed by atoms with Gasteiger partial charge in [-0.3, -0.25) is 19.7 Å². The van der Waals surface area contributed by atoms with Gasteiger partial charge in [0.2, 0.25) is 5.91 Å². The van der Waals surface area contributed by atoms with Gasteiger partial charge in [0.15, 0.2) is 5.69 Å². The number of nitrogens with zero attached hydrogens (tertiary/aromatic N) is 3. The number of piperazine rings is 1. The van der Waals surface area contributed by atoms with Crippen LogP contribution in [0.5, 0.6) is 0 Å². The molecule has 4 rings (SSSR count). The van der Waals surface area contributed by atoms with Gasteiger partial charge in [-0.1, -0.05) is 12.7 Å². The Labute approximate surface area is 270 Å². The molecule has 0 spiro atoms. The first-order chi connectivity index (χ1) is 20.8. The molecule has 0 bridgehead atoms. The minimum atomic E-state index is -0.685. The van der Waals surface area contributed by atoms with Gasteiger partial charge < -0.3 is 29.9 Å². The predicted molar refractivity (Wildman–Crippen MR) is 172 cm³/mol. The van der Waals surface area contributed by atoms with Crippen molar-refractivity contribution in [1.29, 1.82) is 0 Å². The summed E-state index contributed by atoms with van der Waals surface area (Å²) in [7, 11) is 0. The molecule has 3 N–H and O–H groups in total. The van der Waals surface area contributed by atoms with Gasteiger partial charge in [0, 0.05) is 50.9 Å². The third-order valence-corrected chi connectivity index (χ3v) is 7.95. The second-order valence-corrected chi connectivity index (χ2v) is 12.3. The molecule has 0 radical (unpaired) electrons. The Morgan fingerprint density at radius 1 is 1.11 bits per heavy atom. The number of hydrogen-bond donors (Lipinski definition) is 3. The summed E-state index contributed by atoms with van der Waals surface area (Å²) in [5.74, 6) is -0.964. The van der Waals surface area contributed by atoms with Gasteiger partial charge in [-0.25, -0.2) is 14.2 Å². The van der Waals surface area contributed by atoms with Crippen LogP contribution >= 0.6 is 13.5 Å². The first kappa shape index (κ1) is 36.0. The summed E-state index contributed by atoms with van der Waals surface area (Å²) in [5.41, 5.74) is 0.753.